The Morgan fingerprint density at radius 1 is 1.07 bits per heavy atom. The summed E-state index contributed by atoms with van der Waals surface area (Å²) in [6.07, 6.45) is 1.64. The fraction of sp³-hybridized carbons (Fsp3) is 0.0909. The molecule has 2 aromatic heterocycles. The van der Waals surface area contributed by atoms with Crippen LogP contribution in [0.3, 0.4) is 0 Å². The molecule has 0 unspecified atom stereocenters. The van der Waals surface area contributed by atoms with Crippen molar-refractivity contribution in [1.82, 2.24) is 4.98 Å². The summed E-state index contributed by atoms with van der Waals surface area (Å²) in [5.41, 5.74) is 2.07. The monoisotopic (exact) mass is 360 g/mol. The molecule has 0 spiro atoms. The Bertz CT molecular complexity index is 1090. The zero-order chi connectivity index (χ0) is 18.8. The standard InChI is InChI=1S/C22H17FN2O2/c1-15-18-13-17(23)10-11-19(18)27-21(15)22(26)25(20-9-5-6-12-24-20)14-16-7-3-2-4-8-16/h2-13H,14H2,1H3. The van der Waals surface area contributed by atoms with Crippen molar-refractivity contribution in [2.75, 3.05) is 4.90 Å². The van der Waals surface area contributed by atoms with Crippen LogP contribution in [0.2, 0.25) is 0 Å². The number of hydrogen-bond donors (Lipinski definition) is 0. The molecule has 4 nitrogen and oxygen atoms in total. The van der Waals surface area contributed by atoms with E-state index in [-0.39, 0.29) is 17.5 Å². The van der Waals surface area contributed by atoms with Crippen LogP contribution in [0.4, 0.5) is 10.2 Å². The lowest BCUT2D eigenvalue weighted by Gasteiger charge is -2.21. The number of aromatic nitrogens is 1. The van der Waals surface area contributed by atoms with Crippen LogP contribution in [-0.2, 0) is 6.54 Å². The van der Waals surface area contributed by atoms with Gasteiger partial charge in [0.1, 0.15) is 17.2 Å². The van der Waals surface area contributed by atoms with E-state index in [1.54, 1.807) is 30.2 Å². The third-order valence-electron chi connectivity index (χ3n) is 4.45. The normalized spacial score (nSPS) is 10.9. The number of halogens is 1. The number of nitrogens with zero attached hydrogens (tertiary/aromatic N) is 2. The molecule has 27 heavy (non-hydrogen) atoms. The summed E-state index contributed by atoms with van der Waals surface area (Å²) in [6.45, 7) is 2.11. The second-order valence-corrected chi connectivity index (χ2v) is 6.26. The first kappa shape index (κ1) is 17.0. The first-order chi connectivity index (χ1) is 13.1. The van der Waals surface area contributed by atoms with E-state index in [4.69, 9.17) is 4.42 Å². The number of carbonyl (C=O) groups excluding carboxylic acids is 1. The van der Waals surface area contributed by atoms with Crippen molar-refractivity contribution in [3.63, 3.8) is 0 Å². The molecule has 0 saturated heterocycles. The number of hydrogen-bond acceptors (Lipinski definition) is 3. The van der Waals surface area contributed by atoms with Gasteiger partial charge in [0.05, 0.1) is 6.54 Å². The Balaban J connectivity index is 1.78. The van der Waals surface area contributed by atoms with Gasteiger partial charge in [-0.2, -0.15) is 0 Å². The average Bonchev–Trinajstić information content (AvgIpc) is 3.03. The number of fused-ring (bicyclic) bond motifs is 1. The summed E-state index contributed by atoms with van der Waals surface area (Å²) in [6, 6.07) is 19.3. The number of rotatable bonds is 4. The van der Waals surface area contributed by atoms with E-state index in [2.05, 4.69) is 4.98 Å². The zero-order valence-corrected chi connectivity index (χ0v) is 14.7. The SMILES string of the molecule is Cc1c(C(=O)N(Cc2ccccc2)c2ccccn2)oc2ccc(F)cc12. The minimum atomic E-state index is -0.365. The summed E-state index contributed by atoms with van der Waals surface area (Å²) in [5.74, 6) is 0.0394. The second kappa shape index (κ2) is 7.03. The van der Waals surface area contributed by atoms with Crippen LogP contribution < -0.4 is 4.90 Å². The topological polar surface area (TPSA) is 46.3 Å². The first-order valence-electron chi connectivity index (χ1n) is 8.59. The molecule has 2 heterocycles. The second-order valence-electron chi connectivity index (χ2n) is 6.26. The highest BCUT2D eigenvalue weighted by molar-refractivity contribution is 6.07. The van der Waals surface area contributed by atoms with Crippen LogP contribution in [0.25, 0.3) is 11.0 Å². The molecule has 4 aromatic rings. The number of amides is 1. The van der Waals surface area contributed by atoms with Gasteiger partial charge in [-0.25, -0.2) is 9.37 Å². The lowest BCUT2D eigenvalue weighted by atomic mass is 10.1. The number of aryl methyl sites for hydroxylation is 1. The van der Waals surface area contributed by atoms with E-state index in [0.29, 0.717) is 28.9 Å². The summed E-state index contributed by atoms with van der Waals surface area (Å²) < 4.78 is 19.4. The molecule has 0 saturated carbocycles. The fourth-order valence-electron chi connectivity index (χ4n) is 3.06. The van der Waals surface area contributed by atoms with E-state index >= 15 is 0 Å². The van der Waals surface area contributed by atoms with Crippen molar-refractivity contribution in [1.29, 1.82) is 0 Å². The third-order valence-corrected chi connectivity index (χ3v) is 4.45. The third kappa shape index (κ3) is 3.31. The summed E-state index contributed by atoms with van der Waals surface area (Å²) in [5, 5.41) is 0.596. The van der Waals surface area contributed by atoms with Gasteiger partial charge in [0.15, 0.2) is 5.76 Å². The predicted molar refractivity (Wildman–Crippen MR) is 102 cm³/mol. The number of carbonyl (C=O) groups is 1. The highest BCUT2D eigenvalue weighted by Gasteiger charge is 2.25. The lowest BCUT2D eigenvalue weighted by molar-refractivity contribution is 0.0959. The Hall–Kier alpha value is -3.47. The van der Waals surface area contributed by atoms with Gasteiger partial charge in [-0.05, 0) is 42.8 Å². The summed E-state index contributed by atoms with van der Waals surface area (Å²) >= 11 is 0. The van der Waals surface area contributed by atoms with Crippen LogP contribution in [-0.4, -0.2) is 10.9 Å². The molecule has 0 bridgehead atoms. The number of anilines is 1. The van der Waals surface area contributed by atoms with Gasteiger partial charge in [0, 0.05) is 17.1 Å². The molecule has 0 aliphatic carbocycles. The van der Waals surface area contributed by atoms with Gasteiger partial charge in [-0.15, -0.1) is 0 Å². The van der Waals surface area contributed by atoms with Crippen LogP contribution in [0.15, 0.2) is 77.3 Å². The maximum atomic E-state index is 13.6. The largest absolute Gasteiger partial charge is 0.451 e. The van der Waals surface area contributed by atoms with E-state index in [1.165, 1.54) is 18.2 Å². The maximum Gasteiger partial charge on any atom is 0.295 e. The van der Waals surface area contributed by atoms with Crippen LogP contribution >= 0.6 is 0 Å². The Kier molecular flexibility index (Phi) is 4.42. The van der Waals surface area contributed by atoms with E-state index < -0.39 is 0 Å². The Morgan fingerprint density at radius 3 is 2.59 bits per heavy atom. The molecule has 2 aromatic carbocycles. The minimum absolute atomic E-state index is 0.192. The van der Waals surface area contributed by atoms with E-state index in [0.717, 1.165) is 5.56 Å². The smallest absolute Gasteiger partial charge is 0.295 e. The highest BCUT2D eigenvalue weighted by Crippen LogP contribution is 2.28. The molecule has 0 aliphatic rings. The van der Waals surface area contributed by atoms with Crippen molar-refractivity contribution in [3.05, 3.63) is 95.6 Å². The molecule has 0 radical (unpaired) electrons. The number of benzene rings is 2. The lowest BCUT2D eigenvalue weighted by Crippen LogP contribution is -2.31. The maximum absolute atomic E-state index is 13.6. The Morgan fingerprint density at radius 2 is 1.85 bits per heavy atom. The summed E-state index contributed by atoms with van der Waals surface area (Å²) in [7, 11) is 0. The number of furan rings is 1. The molecule has 134 valence electrons. The van der Waals surface area contributed by atoms with Crippen molar-refractivity contribution in [2.24, 2.45) is 0 Å². The number of pyridine rings is 1. The highest BCUT2D eigenvalue weighted by atomic mass is 19.1. The molecule has 5 heteroatoms. The quantitative estimate of drug-likeness (QED) is 0.507. The zero-order valence-electron chi connectivity index (χ0n) is 14.7. The van der Waals surface area contributed by atoms with Crippen molar-refractivity contribution < 1.29 is 13.6 Å². The molecule has 0 N–H and O–H groups in total. The Labute approximate surface area is 155 Å². The van der Waals surface area contributed by atoms with Crippen LogP contribution in [0.1, 0.15) is 21.7 Å². The average molecular weight is 360 g/mol. The predicted octanol–water partition coefficient (Wildman–Crippen LogP) is 5.12. The van der Waals surface area contributed by atoms with Gasteiger partial charge < -0.3 is 4.42 Å². The van der Waals surface area contributed by atoms with Crippen LogP contribution in [0.5, 0.6) is 0 Å². The van der Waals surface area contributed by atoms with E-state index in [1.807, 2.05) is 36.4 Å². The van der Waals surface area contributed by atoms with Gasteiger partial charge in [0.25, 0.3) is 5.91 Å². The first-order valence-corrected chi connectivity index (χ1v) is 8.59. The molecule has 4 rings (SSSR count). The van der Waals surface area contributed by atoms with Crippen molar-refractivity contribution in [2.45, 2.75) is 13.5 Å². The molecular formula is C22H17FN2O2. The fourth-order valence-corrected chi connectivity index (χ4v) is 3.06. The van der Waals surface area contributed by atoms with Gasteiger partial charge in [0.2, 0.25) is 0 Å². The molecule has 0 aliphatic heterocycles. The molecule has 0 atom stereocenters. The van der Waals surface area contributed by atoms with E-state index in [9.17, 15) is 9.18 Å². The molecule has 1 amide bonds. The minimum Gasteiger partial charge on any atom is -0.451 e. The van der Waals surface area contributed by atoms with Crippen molar-refractivity contribution >= 4 is 22.7 Å². The summed E-state index contributed by atoms with van der Waals surface area (Å²) in [4.78, 5) is 19.2. The van der Waals surface area contributed by atoms with Gasteiger partial charge >= 0.3 is 0 Å². The van der Waals surface area contributed by atoms with Gasteiger partial charge in [-0.3, -0.25) is 9.69 Å². The molecular weight excluding hydrogens is 343 g/mol. The van der Waals surface area contributed by atoms with Crippen LogP contribution in [0, 0.1) is 12.7 Å². The van der Waals surface area contributed by atoms with Gasteiger partial charge in [-0.1, -0.05) is 36.4 Å². The molecule has 0 fully saturated rings. The van der Waals surface area contributed by atoms with Crippen molar-refractivity contribution in [3.8, 4) is 0 Å².